The summed E-state index contributed by atoms with van der Waals surface area (Å²) in [5.41, 5.74) is 1.13. The number of aliphatic hydroxyl groups is 1. The number of hydrogen-bond acceptors (Lipinski definition) is 1. The highest BCUT2D eigenvalue weighted by Gasteiger charge is 2.11. The van der Waals surface area contributed by atoms with Crippen LogP contribution in [0, 0.1) is 0 Å². The number of aliphatic hydroxyl groups excluding tert-OH is 1. The number of benzene rings is 1. The SMILES string of the molecule is CC(CO)c1c(Br)cccc1Br. The summed E-state index contributed by atoms with van der Waals surface area (Å²) >= 11 is 6.89. The molecule has 1 aromatic rings. The van der Waals surface area contributed by atoms with E-state index in [1.807, 2.05) is 25.1 Å². The fourth-order valence-corrected chi connectivity index (χ4v) is 2.85. The van der Waals surface area contributed by atoms with Crippen molar-refractivity contribution in [1.82, 2.24) is 0 Å². The van der Waals surface area contributed by atoms with E-state index >= 15 is 0 Å². The predicted molar refractivity (Wildman–Crippen MR) is 57.3 cm³/mol. The molecule has 1 rings (SSSR count). The van der Waals surface area contributed by atoms with Crippen LogP contribution in [0.25, 0.3) is 0 Å². The third-order valence-corrected chi connectivity index (χ3v) is 3.15. The molecule has 0 amide bonds. The largest absolute Gasteiger partial charge is 0.396 e. The lowest BCUT2D eigenvalue weighted by Gasteiger charge is -2.12. The summed E-state index contributed by atoms with van der Waals surface area (Å²) in [5, 5.41) is 9.00. The molecule has 1 atom stereocenters. The molecule has 0 spiro atoms. The molecule has 0 radical (unpaired) electrons. The molecule has 0 bridgehead atoms. The van der Waals surface area contributed by atoms with E-state index < -0.39 is 0 Å². The van der Waals surface area contributed by atoms with Gasteiger partial charge in [-0.1, -0.05) is 44.8 Å². The standard InChI is InChI=1S/C9H10Br2O/c1-6(5-12)9-7(10)3-2-4-8(9)11/h2-4,6,12H,5H2,1H3. The normalized spacial score (nSPS) is 13.0. The van der Waals surface area contributed by atoms with Crippen molar-refractivity contribution in [3.05, 3.63) is 32.7 Å². The highest BCUT2D eigenvalue weighted by Crippen LogP contribution is 2.31. The summed E-state index contributed by atoms with van der Waals surface area (Å²) in [5.74, 6) is 0.162. The lowest BCUT2D eigenvalue weighted by molar-refractivity contribution is 0.272. The van der Waals surface area contributed by atoms with E-state index in [9.17, 15) is 0 Å². The Hall–Kier alpha value is 0.140. The summed E-state index contributed by atoms with van der Waals surface area (Å²) in [6.07, 6.45) is 0. The smallest absolute Gasteiger partial charge is 0.0497 e. The summed E-state index contributed by atoms with van der Waals surface area (Å²) in [4.78, 5) is 0. The molecule has 0 saturated heterocycles. The van der Waals surface area contributed by atoms with Crippen molar-refractivity contribution in [3.8, 4) is 0 Å². The summed E-state index contributed by atoms with van der Waals surface area (Å²) in [6.45, 7) is 2.16. The fraction of sp³-hybridized carbons (Fsp3) is 0.333. The van der Waals surface area contributed by atoms with Gasteiger partial charge in [0.25, 0.3) is 0 Å². The maximum atomic E-state index is 9.00. The van der Waals surface area contributed by atoms with E-state index in [2.05, 4.69) is 31.9 Å². The zero-order valence-corrected chi connectivity index (χ0v) is 9.89. The van der Waals surface area contributed by atoms with Crippen LogP contribution in [0.4, 0.5) is 0 Å². The molecule has 1 nitrogen and oxygen atoms in total. The second-order valence-corrected chi connectivity index (χ2v) is 4.43. The van der Waals surface area contributed by atoms with Crippen LogP contribution in [0.1, 0.15) is 18.4 Å². The minimum Gasteiger partial charge on any atom is -0.396 e. The molecule has 0 heterocycles. The maximum absolute atomic E-state index is 9.00. The quantitative estimate of drug-likeness (QED) is 0.887. The molecule has 0 aliphatic rings. The van der Waals surface area contributed by atoms with Gasteiger partial charge < -0.3 is 5.11 Å². The van der Waals surface area contributed by atoms with Gasteiger partial charge in [-0.25, -0.2) is 0 Å². The zero-order valence-electron chi connectivity index (χ0n) is 6.72. The van der Waals surface area contributed by atoms with Gasteiger partial charge >= 0.3 is 0 Å². The van der Waals surface area contributed by atoms with E-state index in [1.165, 1.54) is 0 Å². The Kier molecular flexibility index (Phi) is 3.75. The molecule has 3 heteroatoms. The minimum atomic E-state index is 0.162. The van der Waals surface area contributed by atoms with Crippen molar-refractivity contribution in [2.24, 2.45) is 0 Å². The van der Waals surface area contributed by atoms with Crippen LogP contribution in [0.2, 0.25) is 0 Å². The van der Waals surface area contributed by atoms with E-state index in [4.69, 9.17) is 5.11 Å². The Morgan fingerprint density at radius 3 is 2.25 bits per heavy atom. The molecule has 12 heavy (non-hydrogen) atoms. The molecule has 0 aliphatic carbocycles. The zero-order chi connectivity index (χ0) is 9.14. The second kappa shape index (κ2) is 4.40. The Bertz CT molecular complexity index is 253. The first kappa shape index (κ1) is 10.2. The number of hydrogen-bond donors (Lipinski definition) is 1. The van der Waals surface area contributed by atoms with Crippen molar-refractivity contribution >= 4 is 31.9 Å². The van der Waals surface area contributed by atoms with E-state index in [-0.39, 0.29) is 12.5 Å². The molecule has 1 N–H and O–H groups in total. The molecular weight excluding hydrogens is 284 g/mol. The van der Waals surface area contributed by atoms with Crippen LogP contribution in [-0.4, -0.2) is 11.7 Å². The topological polar surface area (TPSA) is 20.2 Å². The predicted octanol–water partition coefficient (Wildman–Crippen LogP) is 3.31. The van der Waals surface area contributed by atoms with Crippen molar-refractivity contribution < 1.29 is 5.11 Å². The first-order valence-corrected chi connectivity index (χ1v) is 5.30. The average molecular weight is 294 g/mol. The molecule has 1 unspecified atom stereocenters. The van der Waals surface area contributed by atoms with E-state index in [0.29, 0.717) is 0 Å². The van der Waals surface area contributed by atoms with Gasteiger partial charge in [-0.3, -0.25) is 0 Å². The van der Waals surface area contributed by atoms with Gasteiger partial charge in [0.2, 0.25) is 0 Å². The molecule has 1 aromatic carbocycles. The van der Waals surface area contributed by atoms with E-state index in [0.717, 1.165) is 14.5 Å². The van der Waals surface area contributed by atoms with Crippen LogP contribution in [0.15, 0.2) is 27.1 Å². The Morgan fingerprint density at radius 2 is 1.83 bits per heavy atom. The fourth-order valence-electron chi connectivity index (χ4n) is 1.07. The highest BCUT2D eigenvalue weighted by atomic mass is 79.9. The monoisotopic (exact) mass is 292 g/mol. The Labute approximate surface area is 89.1 Å². The molecule has 0 fully saturated rings. The molecule has 0 aromatic heterocycles. The summed E-state index contributed by atoms with van der Waals surface area (Å²) < 4.78 is 2.08. The first-order chi connectivity index (χ1) is 5.66. The molecule has 0 aliphatic heterocycles. The van der Waals surface area contributed by atoms with Crippen molar-refractivity contribution in [2.45, 2.75) is 12.8 Å². The van der Waals surface area contributed by atoms with Gasteiger partial charge in [-0.2, -0.15) is 0 Å². The number of halogens is 2. The lowest BCUT2D eigenvalue weighted by Crippen LogP contribution is -2.00. The van der Waals surface area contributed by atoms with Gasteiger partial charge in [0, 0.05) is 21.5 Å². The van der Waals surface area contributed by atoms with Crippen molar-refractivity contribution in [3.63, 3.8) is 0 Å². The van der Waals surface area contributed by atoms with Crippen molar-refractivity contribution in [1.29, 1.82) is 0 Å². The Balaban J connectivity index is 3.12. The summed E-state index contributed by atoms with van der Waals surface area (Å²) in [6, 6.07) is 5.92. The Morgan fingerprint density at radius 1 is 1.33 bits per heavy atom. The molecular formula is C9H10Br2O. The third-order valence-electron chi connectivity index (χ3n) is 1.77. The maximum Gasteiger partial charge on any atom is 0.0497 e. The van der Waals surface area contributed by atoms with E-state index in [1.54, 1.807) is 0 Å². The van der Waals surface area contributed by atoms with Gasteiger partial charge in [-0.05, 0) is 17.7 Å². The lowest BCUT2D eigenvalue weighted by atomic mass is 10.0. The average Bonchev–Trinajstić information content (AvgIpc) is 2.03. The van der Waals surface area contributed by atoms with Crippen LogP contribution in [-0.2, 0) is 0 Å². The van der Waals surface area contributed by atoms with Crippen LogP contribution >= 0.6 is 31.9 Å². The van der Waals surface area contributed by atoms with Gasteiger partial charge in [0.15, 0.2) is 0 Å². The number of rotatable bonds is 2. The van der Waals surface area contributed by atoms with Gasteiger partial charge in [0.05, 0.1) is 0 Å². The van der Waals surface area contributed by atoms with Crippen LogP contribution < -0.4 is 0 Å². The van der Waals surface area contributed by atoms with Crippen LogP contribution in [0.5, 0.6) is 0 Å². The first-order valence-electron chi connectivity index (χ1n) is 3.71. The van der Waals surface area contributed by atoms with Gasteiger partial charge in [0.1, 0.15) is 0 Å². The molecule has 66 valence electrons. The van der Waals surface area contributed by atoms with Crippen molar-refractivity contribution in [2.75, 3.05) is 6.61 Å². The molecule has 0 saturated carbocycles. The third kappa shape index (κ3) is 2.09. The second-order valence-electron chi connectivity index (χ2n) is 2.72. The highest BCUT2D eigenvalue weighted by molar-refractivity contribution is 9.11. The minimum absolute atomic E-state index is 0.162. The van der Waals surface area contributed by atoms with Gasteiger partial charge in [-0.15, -0.1) is 0 Å². The summed E-state index contributed by atoms with van der Waals surface area (Å²) in [7, 11) is 0. The van der Waals surface area contributed by atoms with Crippen LogP contribution in [0.3, 0.4) is 0 Å².